The zero-order valence-electron chi connectivity index (χ0n) is 4.14. The predicted octanol–water partition coefficient (Wildman–Crippen LogP) is 1.36. The summed E-state index contributed by atoms with van der Waals surface area (Å²) in [6.07, 6.45) is 2.00. The number of rotatable bonds is 1. The summed E-state index contributed by atoms with van der Waals surface area (Å²) in [6, 6.07) is 0. The van der Waals surface area contributed by atoms with Crippen molar-refractivity contribution in [3.05, 3.63) is 0 Å². The summed E-state index contributed by atoms with van der Waals surface area (Å²) in [5.74, 6) is 0. The molecule has 30 valence electrons. The summed E-state index contributed by atoms with van der Waals surface area (Å²) in [4.78, 5) is 0. The van der Waals surface area contributed by atoms with Gasteiger partial charge in [-0.1, -0.05) is 0 Å². The molecule has 5 heavy (non-hydrogen) atoms. The molecular formula is C3H7NS. The second kappa shape index (κ2) is 4.02. The number of hydrogen-bond acceptors (Lipinski definition) is 2. The van der Waals surface area contributed by atoms with Crippen molar-refractivity contribution in [1.82, 2.24) is 0 Å². The first-order valence-electron chi connectivity index (χ1n) is 2.01. The van der Waals surface area contributed by atoms with Crippen molar-refractivity contribution < 1.29 is 1.37 Å². The second-order valence-corrected chi connectivity index (χ2v) is 0.962. The van der Waals surface area contributed by atoms with Gasteiger partial charge in [0, 0.05) is 13.8 Å². The number of hydrogen-bond donors (Lipinski definition) is 0. The van der Waals surface area contributed by atoms with Gasteiger partial charge in [0.25, 0.3) is 0 Å². The molecule has 0 atom stereocenters. The lowest BCUT2D eigenvalue weighted by Crippen LogP contribution is -1.46. The molecule has 0 fully saturated rings. The molecule has 0 aliphatic carbocycles. The lowest BCUT2D eigenvalue weighted by Gasteiger charge is -1.66. The van der Waals surface area contributed by atoms with Crippen LogP contribution in [0.15, 0.2) is 4.40 Å². The Kier molecular flexibility index (Phi) is 2.59. The third kappa shape index (κ3) is 4.02. The van der Waals surface area contributed by atoms with Crippen LogP contribution in [-0.4, -0.2) is 12.4 Å². The van der Waals surface area contributed by atoms with Crippen molar-refractivity contribution in [3.63, 3.8) is 0 Å². The van der Waals surface area contributed by atoms with Gasteiger partial charge >= 0.3 is 0 Å². The van der Waals surface area contributed by atoms with E-state index >= 15 is 0 Å². The van der Waals surface area contributed by atoms with Gasteiger partial charge in [0.2, 0.25) is 0 Å². The van der Waals surface area contributed by atoms with E-state index in [-0.39, 0.29) is 0 Å². The smallest absolute Gasteiger partial charge is 0.0363 e. The van der Waals surface area contributed by atoms with Crippen LogP contribution in [0.5, 0.6) is 0 Å². The van der Waals surface area contributed by atoms with Crippen LogP contribution in [0.3, 0.4) is 0 Å². The van der Waals surface area contributed by atoms with E-state index in [9.17, 15) is 0 Å². The molecule has 0 heterocycles. The van der Waals surface area contributed by atoms with E-state index in [0.29, 0.717) is 6.23 Å². The maximum absolute atomic E-state index is 6.56. The van der Waals surface area contributed by atoms with Crippen molar-refractivity contribution in [2.75, 3.05) is 6.23 Å². The maximum atomic E-state index is 6.56. The van der Waals surface area contributed by atoms with Crippen molar-refractivity contribution in [2.24, 2.45) is 4.40 Å². The SMILES string of the molecule is [3H]CS/N=C\C. The van der Waals surface area contributed by atoms with Gasteiger partial charge in [-0.3, -0.25) is 0 Å². The van der Waals surface area contributed by atoms with E-state index in [1.807, 2.05) is 6.92 Å². The van der Waals surface area contributed by atoms with Gasteiger partial charge < -0.3 is 0 Å². The van der Waals surface area contributed by atoms with Crippen molar-refractivity contribution >= 4 is 18.2 Å². The van der Waals surface area contributed by atoms with Gasteiger partial charge in [-0.05, 0) is 18.9 Å². The Hall–Kier alpha value is 0.0200. The molecular weight excluding hydrogens is 82.1 g/mol. The van der Waals surface area contributed by atoms with Crippen LogP contribution in [0.25, 0.3) is 0 Å². The van der Waals surface area contributed by atoms with Gasteiger partial charge in [0.15, 0.2) is 0 Å². The maximum Gasteiger partial charge on any atom is 0.0363 e. The van der Waals surface area contributed by atoms with Gasteiger partial charge in [-0.2, -0.15) is 0 Å². The summed E-state index contributed by atoms with van der Waals surface area (Å²) < 4.78 is 10.2. The van der Waals surface area contributed by atoms with Gasteiger partial charge in [0.05, 0.1) is 0 Å². The Labute approximate surface area is 38.0 Å². The Morgan fingerprint density at radius 3 is 3.20 bits per heavy atom. The molecule has 0 spiro atoms. The molecule has 0 aromatic rings. The van der Waals surface area contributed by atoms with E-state index in [2.05, 4.69) is 4.40 Å². The van der Waals surface area contributed by atoms with Crippen molar-refractivity contribution in [2.45, 2.75) is 6.92 Å². The molecule has 0 amide bonds. The third-order valence-corrected chi connectivity index (χ3v) is 0.540. The van der Waals surface area contributed by atoms with Crippen molar-refractivity contribution in [3.8, 4) is 0 Å². The molecule has 0 radical (unpaired) electrons. The van der Waals surface area contributed by atoms with E-state index in [4.69, 9.17) is 1.37 Å². The Bertz CT molecular complexity index is 46.1. The fourth-order valence-electron chi connectivity index (χ4n) is 0.0745. The quantitative estimate of drug-likeness (QED) is 0.350. The average Bonchev–Trinajstić information content (AvgIpc) is 1.61. The summed E-state index contributed by atoms with van der Waals surface area (Å²) in [7, 11) is 0. The highest BCUT2D eigenvalue weighted by atomic mass is 32.2. The summed E-state index contributed by atoms with van der Waals surface area (Å²) >= 11 is 1.24. The minimum atomic E-state index is 0.324. The molecule has 0 rings (SSSR count). The molecule has 0 aliphatic heterocycles. The van der Waals surface area contributed by atoms with Gasteiger partial charge in [-0.25, -0.2) is 4.40 Å². The highest BCUT2D eigenvalue weighted by Gasteiger charge is 1.51. The largest absolute Gasteiger partial charge is 0.230 e. The average molecular weight is 91.2 g/mol. The fraction of sp³-hybridized carbons (Fsp3) is 0.667. The van der Waals surface area contributed by atoms with E-state index in [1.54, 1.807) is 6.21 Å². The molecule has 0 aliphatic rings. The first kappa shape index (κ1) is 3.22. The summed E-state index contributed by atoms with van der Waals surface area (Å²) in [5, 5.41) is 0. The normalized spacial score (nSPS) is 12.6. The second-order valence-electron chi connectivity index (χ2n) is 0.493. The molecule has 0 saturated heterocycles. The van der Waals surface area contributed by atoms with E-state index in [0.717, 1.165) is 0 Å². The number of nitrogens with zero attached hydrogens (tertiary/aromatic N) is 1. The lowest BCUT2D eigenvalue weighted by molar-refractivity contribution is 1.88. The van der Waals surface area contributed by atoms with Crippen LogP contribution < -0.4 is 0 Å². The van der Waals surface area contributed by atoms with Crippen LogP contribution in [0.2, 0.25) is 0 Å². The van der Waals surface area contributed by atoms with Crippen LogP contribution in [-0.2, 0) is 0 Å². The van der Waals surface area contributed by atoms with E-state index in [1.165, 1.54) is 11.9 Å². The summed E-state index contributed by atoms with van der Waals surface area (Å²) in [5.41, 5.74) is 0. The molecule has 0 aromatic heterocycles. The molecule has 0 N–H and O–H groups in total. The molecule has 0 aromatic carbocycles. The van der Waals surface area contributed by atoms with Crippen molar-refractivity contribution in [1.29, 1.82) is 0 Å². The Morgan fingerprint density at radius 2 is 3.00 bits per heavy atom. The van der Waals surface area contributed by atoms with E-state index < -0.39 is 0 Å². The first-order valence-corrected chi connectivity index (χ1v) is 2.25. The topological polar surface area (TPSA) is 12.4 Å². The zero-order valence-corrected chi connectivity index (χ0v) is 3.96. The first-order chi connectivity index (χ1) is 2.91. The third-order valence-electron chi connectivity index (χ3n) is 0.180. The predicted molar refractivity (Wildman–Crippen MR) is 27.7 cm³/mol. The van der Waals surface area contributed by atoms with Gasteiger partial charge in [-0.15, -0.1) is 0 Å². The molecule has 0 bridgehead atoms. The van der Waals surface area contributed by atoms with Crippen LogP contribution >= 0.6 is 11.9 Å². The monoisotopic (exact) mass is 91.0 g/mol. The zero-order chi connectivity index (χ0) is 4.83. The Balaban J connectivity index is 2.66. The lowest BCUT2D eigenvalue weighted by atomic mass is 10.9. The van der Waals surface area contributed by atoms with Crippen LogP contribution in [0.1, 0.15) is 8.29 Å². The highest BCUT2D eigenvalue weighted by Crippen LogP contribution is 1.87. The highest BCUT2D eigenvalue weighted by molar-refractivity contribution is 7.97. The Morgan fingerprint density at radius 1 is 2.20 bits per heavy atom. The molecule has 0 saturated carbocycles. The minimum Gasteiger partial charge on any atom is -0.230 e. The fourth-order valence-corrected chi connectivity index (χ4v) is 0.224. The standard InChI is InChI=1S/C3H7NS/c1-3-4-5-2/h3H,1-2H3/b4-3-/i2T. The van der Waals surface area contributed by atoms with Crippen LogP contribution in [0.4, 0.5) is 0 Å². The molecule has 2 heteroatoms. The molecule has 0 unspecified atom stereocenters. The van der Waals surface area contributed by atoms with Gasteiger partial charge in [0.1, 0.15) is 0 Å². The minimum absolute atomic E-state index is 0.324. The molecule has 1 nitrogen and oxygen atoms in total. The van der Waals surface area contributed by atoms with Crippen LogP contribution in [0, 0.1) is 0 Å². The summed E-state index contributed by atoms with van der Waals surface area (Å²) in [6.45, 7) is 1.84.